The number of rotatable bonds is 6. The summed E-state index contributed by atoms with van der Waals surface area (Å²) in [4.78, 5) is 37.7. The molecule has 5 heterocycles. The van der Waals surface area contributed by atoms with Gasteiger partial charge in [0.2, 0.25) is 0 Å². The molecular weight excluding hydrogens is 570 g/mol. The topological polar surface area (TPSA) is 129 Å². The number of amides is 2. The van der Waals surface area contributed by atoms with Crippen LogP contribution in [0, 0.1) is 11.6 Å². The first kappa shape index (κ1) is 27.7. The molecule has 0 radical (unpaired) electrons. The van der Waals surface area contributed by atoms with Crippen LogP contribution in [0.4, 0.5) is 20.4 Å². The van der Waals surface area contributed by atoms with Crippen molar-refractivity contribution in [3.8, 4) is 0 Å². The normalized spacial score (nSPS) is 18.6. The molecule has 0 spiro atoms. The summed E-state index contributed by atoms with van der Waals surface area (Å²) < 4.78 is 33.4. The zero-order valence-electron chi connectivity index (χ0n) is 22.6. The molecule has 1 fully saturated rings. The van der Waals surface area contributed by atoms with Crippen LogP contribution in [0.2, 0.25) is 5.02 Å². The molecule has 1 aromatic carbocycles. The maximum atomic E-state index is 16.4. The molecule has 0 unspecified atom stereocenters. The number of hydrogen-bond donors (Lipinski definition) is 2. The zero-order chi connectivity index (χ0) is 29.8. The van der Waals surface area contributed by atoms with E-state index in [1.807, 2.05) is 0 Å². The fraction of sp³-hybridized carbons (Fsp3) is 0.286. The second-order valence-corrected chi connectivity index (χ2v) is 11.0. The van der Waals surface area contributed by atoms with Crippen molar-refractivity contribution < 1.29 is 23.5 Å². The number of hydrogen-bond acceptors (Lipinski definition) is 8. The molecule has 42 heavy (non-hydrogen) atoms. The van der Waals surface area contributed by atoms with E-state index in [1.165, 1.54) is 40.3 Å². The molecule has 0 bridgehead atoms. The number of carbonyl (C=O) groups is 2. The number of nitrogens with one attached hydrogen (secondary N) is 1. The van der Waals surface area contributed by atoms with Gasteiger partial charge in [-0.1, -0.05) is 35.0 Å². The van der Waals surface area contributed by atoms with Gasteiger partial charge < -0.3 is 15.3 Å². The lowest BCUT2D eigenvalue weighted by molar-refractivity contribution is 0.0618. The summed E-state index contributed by atoms with van der Waals surface area (Å²) in [6, 6.07) is 7.34. The fourth-order valence-electron chi connectivity index (χ4n) is 5.44. The van der Waals surface area contributed by atoms with Crippen LogP contribution in [0.15, 0.2) is 48.9 Å². The van der Waals surface area contributed by atoms with Gasteiger partial charge in [0.25, 0.3) is 11.8 Å². The van der Waals surface area contributed by atoms with Gasteiger partial charge in [-0.25, -0.2) is 18.7 Å². The molecule has 4 aromatic rings. The first-order valence-electron chi connectivity index (χ1n) is 13.0. The smallest absolute Gasteiger partial charge is 0.276 e. The lowest BCUT2D eigenvalue weighted by Gasteiger charge is -2.42. The third kappa shape index (κ3) is 4.54. The minimum absolute atomic E-state index is 0.0267. The molecule has 1 saturated heterocycles. The number of carbonyl (C=O) groups excluding carboxylic acids is 2. The number of pyridine rings is 2. The van der Waals surface area contributed by atoms with E-state index in [9.17, 15) is 14.7 Å². The molecule has 2 N–H and O–H groups in total. The van der Waals surface area contributed by atoms with Crippen molar-refractivity contribution in [2.24, 2.45) is 7.05 Å². The van der Waals surface area contributed by atoms with Crippen LogP contribution in [-0.2, 0) is 19.1 Å². The molecule has 2 amide bonds. The first-order chi connectivity index (χ1) is 20.1. The number of likely N-dealkylation sites (tertiary alicyclic amines) is 1. The second-order valence-electron chi connectivity index (χ2n) is 10.5. The van der Waals surface area contributed by atoms with Crippen LogP contribution in [0.25, 0.3) is 0 Å². The Bertz CT molecular complexity index is 1710. The van der Waals surface area contributed by atoms with Crippen molar-refractivity contribution in [1.29, 1.82) is 0 Å². The van der Waals surface area contributed by atoms with Crippen LogP contribution in [-0.4, -0.2) is 72.5 Å². The highest BCUT2D eigenvalue weighted by atomic mass is 35.5. The van der Waals surface area contributed by atoms with Crippen molar-refractivity contribution in [2.75, 3.05) is 29.9 Å². The van der Waals surface area contributed by atoms with Crippen molar-refractivity contribution in [2.45, 2.75) is 25.0 Å². The lowest BCUT2D eigenvalue weighted by Crippen LogP contribution is -2.57. The van der Waals surface area contributed by atoms with E-state index in [-0.39, 0.29) is 77.2 Å². The SMILES string of the molecule is Cn1cc(C(=O)N2CC(Nc3ncc4c(c3F)[C@@](C)(c3cccc(Cl)c3F)CN(c3ccc(CO)cn3)C4=O)C2)nn1. The molecule has 6 rings (SSSR count). The molecule has 2 aliphatic rings. The summed E-state index contributed by atoms with van der Waals surface area (Å²) in [7, 11) is 1.66. The first-order valence-corrected chi connectivity index (χ1v) is 13.4. The van der Waals surface area contributed by atoms with Crippen LogP contribution in [0.5, 0.6) is 0 Å². The summed E-state index contributed by atoms with van der Waals surface area (Å²) >= 11 is 6.14. The summed E-state index contributed by atoms with van der Waals surface area (Å²) in [6.07, 6.45) is 4.21. The summed E-state index contributed by atoms with van der Waals surface area (Å²) in [6.45, 7) is 1.81. The Balaban J connectivity index is 1.35. The number of benzene rings is 1. The largest absolute Gasteiger partial charge is 0.392 e. The van der Waals surface area contributed by atoms with Crippen LogP contribution in [0.1, 0.15) is 44.5 Å². The number of aryl methyl sites for hydroxylation is 1. The van der Waals surface area contributed by atoms with Crippen molar-refractivity contribution in [3.63, 3.8) is 0 Å². The van der Waals surface area contributed by atoms with Crippen LogP contribution >= 0.6 is 11.6 Å². The predicted molar refractivity (Wildman–Crippen MR) is 148 cm³/mol. The minimum atomic E-state index is -1.40. The van der Waals surface area contributed by atoms with E-state index in [1.54, 1.807) is 37.1 Å². The van der Waals surface area contributed by atoms with Gasteiger partial charge in [-0.2, -0.15) is 0 Å². The lowest BCUT2D eigenvalue weighted by atomic mass is 9.71. The molecular formula is C28H25ClF2N8O3. The summed E-state index contributed by atoms with van der Waals surface area (Å²) in [5.41, 5.74) is -0.623. The number of halogens is 3. The van der Waals surface area contributed by atoms with Gasteiger partial charge in [-0.05, 0) is 24.6 Å². The van der Waals surface area contributed by atoms with Gasteiger partial charge in [-0.3, -0.25) is 19.2 Å². The van der Waals surface area contributed by atoms with E-state index in [0.717, 1.165) is 0 Å². The standard InChI is InChI=1S/C28H25ClF2N8O3/c1-28(18-4-3-5-19(29)23(18)30)14-39(21-7-6-15(13-40)8-32-21)26(41)17-9-33-25(24(31)22(17)28)34-16-10-38(11-16)27(42)20-12-37(2)36-35-20/h3-9,12,16,40H,10-11,13-14H2,1-2H3,(H,33,34)/t28-/m1/s1. The monoisotopic (exact) mass is 594 g/mol. The van der Waals surface area contributed by atoms with Gasteiger partial charge in [0.15, 0.2) is 17.3 Å². The molecule has 14 heteroatoms. The Morgan fingerprint density at radius 1 is 1.17 bits per heavy atom. The third-order valence-electron chi connectivity index (χ3n) is 7.67. The Hall–Kier alpha value is -4.49. The van der Waals surface area contributed by atoms with Gasteiger partial charge >= 0.3 is 0 Å². The number of nitrogens with zero attached hydrogens (tertiary/aromatic N) is 7. The highest BCUT2D eigenvalue weighted by Gasteiger charge is 2.47. The molecule has 216 valence electrons. The van der Waals surface area contributed by atoms with Crippen molar-refractivity contribution >= 4 is 35.1 Å². The number of fused-ring (bicyclic) bond motifs is 1. The van der Waals surface area contributed by atoms with Gasteiger partial charge in [0, 0.05) is 55.6 Å². The van der Waals surface area contributed by atoms with E-state index >= 15 is 8.78 Å². The highest BCUT2D eigenvalue weighted by Crippen LogP contribution is 2.44. The maximum Gasteiger partial charge on any atom is 0.276 e. The second kappa shape index (κ2) is 10.4. The number of aliphatic hydroxyl groups excluding tert-OH is 1. The maximum absolute atomic E-state index is 16.4. The van der Waals surface area contributed by atoms with E-state index in [4.69, 9.17) is 11.6 Å². The highest BCUT2D eigenvalue weighted by molar-refractivity contribution is 6.30. The number of aromatic nitrogens is 5. The minimum Gasteiger partial charge on any atom is -0.392 e. The Kier molecular flexibility index (Phi) is 6.86. The van der Waals surface area contributed by atoms with Crippen LogP contribution < -0.4 is 10.2 Å². The average Bonchev–Trinajstić information content (AvgIpc) is 3.40. The molecule has 3 aromatic heterocycles. The number of aliphatic hydroxyl groups is 1. The molecule has 11 nitrogen and oxygen atoms in total. The molecule has 2 aliphatic heterocycles. The Morgan fingerprint density at radius 3 is 2.62 bits per heavy atom. The predicted octanol–water partition coefficient (Wildman–Crippen LogP) is 2.93. The van der Waals surface area contributed by atoms with Gasteiger partial charge in [0.05, 0.1) is 29.4 Å². The van der Waals surface area contributed by atoms with Gasteiger partial charge in [-0.15, -0.1) is 5.10 Å². The third-order valence-corrected chi connectivity index (χ3v) is 7.96. The van der Waals surface area contributed by atoms with E-state index in [0.29, 0.717) is 5.56 Å². The van der Waals surface area contributed by atoms with Crippen molar-refractivity contribution in [3.05, 3.63) is 93.5 Å². The zero-order valence-corrected chi connectivity index (χ0v) is 23.3. The summed E-state index contributed by atoms with van der Waals surface area (Å²) in [5.74, 6) is -2.25. The Labute approximate surface area is 243 Å². The van der Waals surface area contributed by atoms with Crippen LogP contribution in [0.3, 0.4) is 0 Å². The summed E-state index contributed by atoms with van der Waals surface area (Å²) in [5, 5.41) is 19.9. The van der Waals surface area contributed by atoms with E-state index < -0.39 is 23.0 Å². The molecule has 0 saturated carbocycles. The quantitative estimate of drug-likeness (QED) is 0.349. The fourth-order valence-corrected chi connectivity index (χ4v) is 5.62. The molecule has 1 atom stereocenters. The Morgan fingerprint density at radius 2 is 1.95 bits per heavy atom. The number of anilines is 2. The van der Waals surface area contributed by atoms with Crippen molar-refractivity contribution in [1.82, 2.24) is 29.9 Å². The average molecular weight is 595 g/mol. The van der Waals surface area contributed by atoms with Gasteiger partial charge in [0.1, 0.15) is 11.6 Å². The van der Waals surface area contributed by atoms with E-state index in [2.05, 4.69) is 25.6 Å². The molecule has 0 aliphatic carbocycles.